The highest BCUT2D eigenvalue weighted by Crippen LogP contribution is 2.52. The van der Waals surface area contributed by atoms with Crippen molar-refractivity contribution in [3.8, 4) is 22.3 Å². The zero-order valence-corrected chi connectivity index (χ0v) is 15.9. The molecule has 3 aromatic carbocycles. The molecule has 0 heteroatoms. The average Bonchev–Trinajstić information content (AvgIpc) is 2.83. The molecule has 0 spiro atoms. The Hall–Kier alpha value is -2.34. The third kappa shape index (κ3) is 2.35. The lowest BCUT2D eigenvalue weighted by molar-refractivity contribution is 0.591. The van der Waals surface area contributed by atoms with Crippen LogP contribution in [0.4, 0.5) is 0 Å². The molecule has 0 saturated heterocycles. The number of hydrogen-bond acceptors (Lipinski definition) is 0. The van der Waals surface area contributed by atoms with Crippen molar-refractivity contribution in [2.45, 2.75) is 45.4 Å². The zero-order valence-electron chi connectivity index (χ0n) is 15.9. The van der Waals surface area contributed by atoms with Crippen molar-refractivity contribution in [2.75, 3.05) is 0 Å². The van der Waals surface area contributed by atoms with Crippen molar-refractivity contribution in [1.29, 1.82) is 0 Å². The number of rotatable bonds is 1. The van der Waals surface area contributed by atoms with Crippen LogP contribution in [0.1, 0.15) is 51.3 Å². The van der Waals surface area contributed by atoms with Gasteiger partial charge in [-0.3, -0.25) is 0 Å². The van der Waals surface area contributed by atoms with Crippen LogP contribution in [0.25, 0.3) is 22.3 Å². The first-order chi connectivity index (χ1) is 11.8. The van der Waals surface area contributed by atoms with E-state index in [0.29, 0.717) is 0 Å². The molecular formula is C25H26. The van der Waals surface area contributed by atoms with Crippen molar-refractivity contribution < 1.29 is 0 Å². The van der Waals surface area contributed by atoms with Gasteiger partial charge >= 0.3 is 0 Å². The Kier molecular flexibility index (Phi) is 3.44. The van der Waals surface area contributed by atoms with E-state index in [0.717, 1.165) is 0 Å². The van der Waals surface area contributed by atoms with E-state index in [2.05, 4.69) is 101 Å². The van der Waals surface area contributed by atoms with Crippen molar-refractivity contribution >= 4 is 0 Å². The van der Waals surface area contributed by atoms with Gasteiger partial charge in [0.1, 0.15) is 0 Å². The molecule has 0 fully saturated rings. The normalized spacial score (nSPS) is 14.9. The van der Waals surface area contributed by atoms with E-state index in [9.17, 15) is 0 Å². The molecule has 4 rings (SSSR count). The Labute approximate surface area is 151 Å². The summed E-state index contributed by atoms with van der Waals surface area (Å²) in [5.74, 6) is 0. The van der Waals surface area contributed by atoms with Crippen LogP contribution in [0.3, 0.4) is 0 Å². The fourth-order valence-corrected chi connectivity index (χ4v) is 4.44. The molecule has 0 N–H and O–H groups in total. The van der Waals surface area contributed by atoms with E-state index in [1.165, 1.54) is 38.9 Å². The quantitative estimate of drug-likeness (QED) is 0.453. The molecule has 0 unspecified atom stereocenters. The standard InChI is InChI=1S/C25H26/c1-24(2,3)21-15-8-6-11-17(21)19-13-10-14-20-18-12-7-9-16-22(18)25(4,5)23(19)20/h6-16H,1-5H3. The summed E-state index contributed by atoms with van der Waals surface area (Å²) in [6.07, 6.45) is 0. The average molecular weight is 326 g/mol. The van der Waals surface area contributed by atoms with Gasteiger partial charge < -0.3 is 0 Å². The Morgan fingerprint density at radius 3 is 1.80 bits per heavy atom. The predicted molar refractivity (Wildman–Crippen MR) is 108 cm³/mol. The molecule has 0 radical (unpaired) electrons. The Morgan fingerprint density at radius 1 is 0.600 bits per heavy atom. The first-order valence-electron chi connectivity index (χ1n) is 9.15. The lowest BCUT2D eigenvalue weighted by Crippen LogP contribution is -2.18. The number of fused-ring (bicyclic) bond motifs is 3. The van der Waals surface area contributed by atoms with Crippen molar-refractivity contribution in [3.05, 3.63) is 83.4 Å². The topological polar surface area (TPSA) is 0 Å². The van der Waals surface area contributed by atoms with Gasteiger partial charge in [-0.1, -0.05) is 101 Å². The van der Waals surface area contributed by atoms with Crippen molar-refractivity contribution in [3.63, 3.8) is 0 Å². The van der Waals surface area contributed by atoms with Crippen LogP contribution in [0, 0.1) is 0 Å². The lowest BCUT2D eigenvalue weighted by Gasteiger charge is -2.28. The molecule has 3 aromatic rings. The van der Waals surface area contributed by atoms with E-state index >= 15 is 0 Å². The highest BCUT2D eigenvalue weighted by atomic mass is 14.4. The van der Waals surface area contributed by atoms with E-state index in [1.807, 2.05) is 0 Å². The molecule has 0 saturated carbocycles. The first-order valence-corrected chi connectivity index (χ1v) is 9.15. The van der Waals surface area contributed by atoms with E-state index in [-0.39, 0.29) is 10.8 Å². The second kappa shape index (κ2) is 5.33. The van der Waals surface area contributed by atoms with Gasteiger partial charge in [0, 0.05) is 5.41 Å². The second-order valence-electron chi connectivity index (χ2n) is 8.69. The molecule has 0 bridgehead atoms. The largest absolute Gasteiger partial charge is 0.0619 e. The molecular weight excluding hydrogens is 300 g/mol. The van der Waals surface area contributed by atoms with Crippen LogP contribution in [-0.4, -0.2) is 0 Å². The van der Waals surface area contributed by atoms with Crippen LogP contribution in [0.5, 0.6) is 0 Å². The monoisotopic (exact) mass is 326 g/mol. The first kappa shape index (κ1) is 16.1. The van der Waals surface area contributed by atoms with Crippen LogP contribution >= 0.6 is 0 Å². The summed E-state index contributed by atoms with van der Waals surface area (Å²) >= 11 is 0. The molecule has 0 amide bonds. The van der Waals surface area contributed by atoms with Gasteiger partial charge in [-0.2, -0.15) is 0 Å². The van der Waals surface area contributed by atoms with Gasteiger partial charge in [-0.25, -0.2) is 0 Å². The van der Waals surface area contributed by atoms with Gasteiger partial charge in [0.15, 0.2) is 0 Å². The fraction of sp³-hybridized carbons (Fsp3) is 0.280. The minimum absolute atomic E-state index is 0.0213. The Bertz CT molecular complexity index is 952. The van der Waals surface area contributed by atoms with Crippen LogP contribution in [0.2, 0.25) is 0 Å². The predicted octanol–water partition coefficient (Wildman–Crippen LogP) is 6.96. The Balaban J connectivity index is 2.05. The van der Waals surface area contributed by atoms with E-state index < -0.39 is 0 Å². The van der Waals surface area contributed by atoms with Gasteiger partial charge in [0.05, 0.1) is 0 Å². The van der Waals surface area contributed by atoms with Gasteiger partial charge in [0.2, 0.25) is 0 Å². The molecule has 0 atom stereocenters. The van der Waals surface area contributed by atoms with Crippen LogP contribution in [0.15, 0.2) is 66.7 Å². The lowest BCUT2D eigenvalue weighted by atomic mass is 9.75. The molecule has 0 aromatic heterocycles. The smallest absolute Gasteiger partial charge is 0.0165 e. The summed E-state index contributed by atoms with van der Waals surface area (Å²) in [5.41, 5.74) is 9.98. The van der Waals surface area contributed by atoms with Gasteiger partial charge in [-0.05, 0) is 44.4 Å². The van der Waals surface area contributed by atoms with Gasteiger partial charge in [0.25, 0.3) is 0 Å². The van der Waals surface area contributed by atoms with Crippen molar-refractivity contribution in [2.24, 2.45) is 0 Å². The molecule has 126 valence electrons. The number of hydrogen-bond donors (Lipinski definition) is 0. The summed E-state index contributed by atoms with van der Waals surface area (Å²) in [7, 11) is 0. The summed E-state index contributed by atoms with van der Waals surface area (Å²) in [6.45, 7) is 11.6. The third-order valence-electron chi connectivity index (χ3n) is 5.61. The molecule has 0 nitrogen and oxygen atoms in total. The maximum Gasteiger partial charge on any atom is 0.0165 e. The fourth-order valence-electron chi connectivity index (χ4n) is 4.44. The van der Waals surface area contributed by atoms with Crippen LogP contribution in [-0.2, 0) is 10.8 Å². The molecule has 1 aliphatic carbocycles. The third-order valence-corrected chi connectivity index (χ3v) is 5.61. The summed E-state index contributed by atoms with van der Waals surface area (Å²) < 4.78 is 0. The molecule has 0 heterocycles. The number of benzene rings is 3. The molecule has 25 heavy (non-hydrogen) atoms. The maximum atomic E-state index is 2.36. The minimum atomic E-state index is 0.0213. The van der Waals surface area contributed by atoms with E-state index in [1.54, 1.807) is 0 Å². The highest BCUT2D eigenvalue weighted by Gasteiger charge is 2.37. The van der Waals surface area contributed by atoms with Crippen molar-refractivity contribution in [1.82, 2.24) is 0 Å². The summed E-state index contributed by atoms with van der Waals surface area (Å²) in [6, 6.07) is 24.6. The van der Waals surface area contributed by atoms with E-state index in [4.69, 9.17) is 0 Å². The maximum absolute atomic E-state index is 2.36. The SMILES string of the molecule is CC(C)(C)c1ccccc1-c1cccc2c1C(C)(C)c1ccccc1-2. The Morgan fingerprint density at radius 2 is 1.12 bits per heavy atom. The minimum Gasteiger partial charge on any atom is -0.0619 e. The molecule has 0 aliphatic heterocycles. The molecule has 1 aliphatic rings. The highest BCUT2D eigenvalue weighted by molar-refractivity contribution is 5.88. The zero-order chi connectivity index (χ0) is 17.8. The summed E-state index contributed by atoms with van der Waals surface area (Å²) in [4.78, 5) is 0. The van der Waals surface area contributed by atoms with Crippen LogP contribution < -0.4 is 0 Å². The second-order valence-corrected chi connectivity index (χ2v) is 8.69. The summed E-state index contributed by atoms with van der Waals surface area (Å²) in [5, 5.41) is 0. The van der Waals surface area contributed by atoms with Gasteiger partial charge in [-0.15, -0.1) is 0 Å².